The molecule has 0 N–H and O–H groups in total. The van der Waals surface area contributed by atoms with E-state index in [0.29, 0.717) is 0 Å². The van der Waals surface area contributed by atoms with Gasteiger partial charge in [0.15, 0.2) is 9.84 Å². The lowest BCUT2D eigenvalue weighted by molar-refractivity contribution is -0.141. The average Bonchev–Trinajstić information content (AvgIpc) is 2.78. The van der Waals surface area contributed by atoms with E-state index in [1.807, 2.05) is 0 Å². The fourth-order valence-corrected chi connectivity index (χ4v) is 4.65. The molecule has 0 aliphatic carbocycles. The first-order valence-corrected chi connectivity index (χ1v) is 6.86. The third-order valence-corrected chi connectivity index (χ3v) is 6.30. The molecule has 3 heterocycles. The van der Waals surface area contributed by atoms with Gasteiger partial charge in [-0.1, -0.05) is 5.21 Å². The molecule has 17 heavy (non-hydrogen) atoms. The fourth-order valence-electron chi connectivity index (χ4n) is 2.47. The highest BCUT2D eigenvalue weighted by Gasteiger charge is 2.61. The summed E-state index contributed by atoms with van der Waals surface area (Å²) in [6, 6.07) is 0. The number of carbonyl (C=O) groups excluding carboxylic acids is 1. The lowest BCUT2D eigenvalue weighted by atomic mass is 10.1. The van der Waals surface area contributed by atoms with E-state index in [1.54, 1.807) is 13.1 Å². The number of rotatable bonds is 2. The summed E-state index contributed by atoms with van der Waals surface area (Å²) >= 11 is 0. The molecule has 1 amide bonds. The molecule has 2 fully saturated rings. The predicted molar refractivity (Wildman–Crippen MR) is 57.5 cm³/mol. The molecule has 1 aromatic heterocycles. The Labute approximate surface area is 98.3 Å². The van der Waals surface area contributed by atoms with E-state index in [2.05, 4.69) is 10.3 Å². The van der Waals surface area contributed by atoms with Crippen LogP contribution in [0.15, 0.2) is 12.4 Å². The van der Waals surface area contributed by atoms with Crippen LogP contribution < -0.4 is 0 Å². The van der Waals surface area contributed by atoms with E-state index in [1.165, 1.54) is 15.8 Å². The van der Waals surface area contributed by atoms with Gasteiger partial charge in [-0.15, -0.1) is 5.10 Å². The van der Waals surface area contributed by atoms with Crippen molar-refractivity contribution in [1.82, 2.24) is 19.9 Å². The zero-order valence-electron chi connectivity index (χ0n) is 9.28. The molecular weight excluding hydrogens is 244 g/mol. The van der Waals surface area contributed by atoms with Crippen LogP contribution >= 0.6 is 0 Å². The van der Waals surface area contributed by atoms with Crippen LogP contribution in [0.1, 0.15) is 13.3 Å². The third kappa shape index (κ3) is 1.27. The van der Waals surface area contributed by atoms with Crippen molar-refractivity contribution >= 4 is 15.7 Å². The Morgan fingerprint density at radius 1 is 1.59 bits per heavy atom. The van der Waals surface area contributed by atoms with Crippen molar-refractivity contribution in [3.05, 3.63) is 12.4 Å². The van der Waals surface area contributed by atoms with E-state index >= 15 is 0 Å². The van der Waals surface area contributed by atoms with Crippen LogP contribution in [-0.4, -0.2) is 50.9 Å². The minimum Gasteiger partial charge on any atom is -0.323 e. The summed E-state index contributed by atoms with van der Waals surface area (Å²) < 4.78 is 25.1. The maximum atomic E-state index is 12.3. The Bertz CT molecular complexity index is 567. The zero-order chi connectivity index (χ0) is 12.3. The van der Waals surface area contributed by atoms with Gasteiger partial charge in [0, 0.05) is 12.7 Å². The molecule has 2 aliphatic heterocycles. The number of fused-ring (bicyclic) bond motifs is 1. The first kappa shape index (κ1) is 10.7. The Balaban J connectivity index is 1.95. The standard InChI is InChI=1S/C9H12N4O3S/c1-9(5-12-3-2-10-11-12)6-13-7(14)4-8(13)17(9,15)16/h2-3,8H,4-6H2,1H3/t8-,9?/m1/s1. The molecule has 2 aliphatic rings. The Hall–Kier alpha value is -1.44. The highest BCUT2D eigenvalue weighted by molar-refractivity contribution is 7.93. The Kier molecular flexibility index (Phi) is 1.93. The van der Waals surface area contributed by atoms with Crippen molar-refractivity contribution in [2.45, 2.75) is 30.0 Å². The van der Waals surface area contributed by atoms with E-state index in [4.69, 9.17) is 0 Å². The molecule has 3 rings (SSSR count). The van der Waals surface area contributed by atoms with Gasteiger partial charge < -0.3 is 4.90 Å². The van der Waals surface area contributed by atoms with Crippen molar-refractivity contribution in [3.63, 3.8) is 0 Å². The summed E-state index contributed by atoms with van der Waals surface area (Å²) in [5.74, 6) is -0.0825. The van der Waals surface area contributed by atoms with Crippen LogP contribution in [0.25, 0.3) is 0 Å². The van der Waals surface area contributed by atoms with Crippen molar-refractivity contribution in [1.29, 1.82) is 0 Å². The molecule has 7 nitrogen and oxygen atoms in total. The minimum atomic E-state index is -3.32. The van der Waals surface area contributed by atoms with Crippen molar-refractivity contribution < 1.29 is 13.2 Å². The lowest BCUT2D eigenvalue weighted by Gasteiger charge is -2.31. The largest absolute Gasteiger partial charge is 0.323 e. The molecule has 0 radical (unpaired) electrons. The summed E-state index contributed by atoms with van der Waals surface area (Å²) in [5, 5.41) is 6.81. The minimum absolute atomic E-state index is 0.0825. The average molecular weight is 256 g/mol. The van der Waals surface area contributed by atoms with Gasteiger partial charge in [-0.25, -0.2) is 8.42 Å². The van der Waals surface area contributed by atoms with Crippen LogP contribution in [0.5, 0.6) is 0 Å². The number of carbonyl (C=O) groups is 1. The number of nitrogens with zero attached hydrogens (tertiary/aromatic N) is 4. The summed E-state index contributed by atoms with van der Waals surface area (Å²) in [5.41, 5.74) is 0. The normalized spacial score (nSPS) is 34.5. The van der Waals surface area contributed by atoms with Crippen LogP contribution in [0.4, 0.5) is 0 Å². The molecule has 0 saturated carbocycles. The number of hydrogen-bond donors (Lipinski definition) is 0. The summed E-state index contributed by atoms with van der Waals surface area (Å²) in [6.07, 6.45) is 3.25. The van der Waals surface area contributed by atoms with Crippen molar-refractivity contribution in [3.8, 4) is 0 Å². The molecule has 1 aromatic rings. The van der Waals surface area contributed by atoms with Gasteiger partial charge in [0.05, 0.1) is 19.2 Å². The lowest BCUT2D eigenvalue weighted by Crippen LogP contribution is -2.50. The van der Waals surface area contributed by atoms with Crippen LogP contribution in [0, 0.1) is 0 Å². The molecule has 8 heteroatoms. The summed E-state index contributed by atoms with van der Waals surface area (Å²) in [6.45, 7) is 2.14. The number of sulfone groups is 1. The second kappa shape index (κ2) is 3.06. The Morgan fingerprint density at radius 2 is 2.35 bits per heavy atom. The van der Waals surface area contributed by atoms with E-state index in [0.717, 1.165) is 0 Å². The van der Waals surface area contributed by atoms with Gasteiger partial charge in [0.25, 0.3) is 0 Å². The van der Waals surface area contributed by atoms with Gasteiger partial charge in [-0.05, 0) is 6.92 Å². The van der Waals surface area contributed by atoms with Gasteiger partial charge in [0.1, 0.15) is 10.1 Å². The number of hydrogen-bond acceptors (Lipinski definition) is 5. The van der Waals surface area contributed by atoms with E-state index < -0.39 is 20.0 Å². The second-order valence-corrected chi connectivity index (χ2v) is 7.40. The van der Waals surface area contributed by atoms with E-state index in [-0.39, 0.29) is 25.4 Å². The van der Waals surface area contributed by atoms with Crippen LogP contribution in [0.2, 0.25) is 0 Å². The number of β-lactam (4-membered cyclic amide) rings is 1. The first-order valence-electron chi connectivity index (χ1n) is 5.31. The maximum Gasteiger partial charge on any atom is 0.226 e. The molecular formula is C9H12N4O3S. The summed E-state index contributed by atoms with van der Waals surface area (Å²) in [4.78, 5) is 12.8. The van der Waals surface area contributed by atoms with Gasteiger partial charge in [-0.2, -0.15) is 0 Å². The van der Waals surface area contributed by atoms with Crippen LogP contribution in [-0.2, 0) is 21.2 Å². The molecule has 0 aromatic carbocycles. The highest BCUT2D eigenvalue weighted by atomic mass is 32.2. The third-order valence-electron chi connectivity index (χ3n) is 3.54. The second-order valence-electron chi connectivity index (χ2n) is 4.78. The fraction of sp³-hybridized carbons (Fsp3) is 0.667. The Morgan fingerprint density at radius 3 is 2.88 bits per heavy atom. The van der Waals surface area contributed by atoms with Gasteiger partial charge in [0.2, 0.25) is 5.91 Å². The number of amides is 1. The molecule has 0 bridgehead atoms. The molecule has 0 spiro atoms. The quantitative estimate of drug-likeness (QED) is 0.635. The van der Waals surface area contributed by atoms with Crippen LogP contribution in [0.3, 0.4) is 0 Å². The summed E-state index contributed by atoms with van der Waals surface area (Å²) in [7, 11) is -3.32. The predicted octanol–water partition coefficient (Wildman–Crippen LogP) is -0.976. The molecule has 1 unspecified atom stereocenters. The van der Waals surface area contributed by atoms with Crippen molar-refractivity contribution in [2.75, 3.05) is 6.54 Å². The van der Waals surface area contributed by atoms with Crippen molar-refractivity contribution in [2.24, 2.45) is 0 Å². The van der Waals surface area contributed by atoms with E-state index in [9.17, 15) is 13.2 Å². The first-order chi connectivity index (χ1) is 7.94. The maximum absolute atomic E-state index is 12.3. The topological polar surface area (TPSA) is 85.2 Å². The molecule has 2 saturated heterocycles. The van der Waals surface area contributed by atoms with Gasteiger partial charge >= 0.3 is 0 Å². The molecule has 92 valence electrons. The monoisotopic (exact) mass is 256 g/mol. The SMILES string of the molecule is CC1(Cn2ccnn2)CN2C(=O)C[C@H]2S1(=O)=O. The zero-order valence-corrected chi connectivity index (χ0v) is 10.1. The number of aromatic nitrogens is 3. The van der Waals surface area contributed by atoms with Gasteiger partial charge in [-0.3, -0.25) is 9.48 Å². The highest BCUT2D eigenvalue weighted by Crippen LogP contribution is 2.41. The smallest absolute Gasteiger partial charge is 0.226 e. The molecule has 2 atom stereocenters.